The molecule has 3 nitrogen and oxygen atoms in total. The molecule has 3 rings (SSSR count). The number of aliphatic hydroxyl groups is 1. The van der Waals surface area contributed by atoms with Crippen LogP contribution in [0.4, 0.5) is 0 Å². The highest BCUT2D eigenvalue weighted by molar-refractivity contribution is 9.10. The molecule has 0 saturated carbocycles. The summed E-state index contributed by atoms with van der Waals surface area (Å²) in [6.07, 6.45) is 4.64. The first kappa shape index (κ1) is 12.8. The van der Waals surface area contributed by atoms with Crippen molar-refractivity contribution in [1.29, 1.82) is 0 Å². The first-order chi connectivity index (χ1) is 9.20. The Morgan fingerprint density at radius 3 is 2.95 bits per heavy atom. The van der Waals surface area contributed by atoms with Crippen molar-refractivity contribution in [1.82, 2.24) is 4.57 Å². The predicted octanol–water partition coefficient (Wildman–Crippen LogP) is 3.62. The Hall–Kier alpha value is -1.26. The fraction of sp³-hybridized carbons (Fsp3) is 0.333. The van der Waals surface area contributed by atoms with E-state index in [1.54, 1.807) is 7.11 Å². The van der Waals surface area contributed by atoms with E-state index in [4.69, 9.17) is 4.74 Å². The van der Waals surface area contributed by atoms with E-state index in [-0.39, 0.29) is 6.10 Å². The van der Waals surface area contributed by atoms with Gasteiger partial charge >= 0.3 is 0 Å². The normalized spacial score (nSPS) is 18.2. The zero-order chi connectivity index (χ0) is 13.4. The van der Waals surface area contributed by atoms with E-state index in [2.05, 4.69) is 20.5 Å². The Labute approximate surface area is 121 Å². The molecule has 19 heavy (non-hydrogen) atoms. The maximum Gasteiger partial charge on any atom is 0.133 e. The summed E-state index contributed by atoms with van der Waals surface area (Å²) in [4.78, 5) is 0. The van der Waals surface area contributed by atoms with Gasteiger partial charge in [0.15, 0.2) is 0 Å². The van der Waals surface area contributed by atoms with Crippen molar-refractivity contribution in [2.24, 2.45) is 0 Å². The van der Waals surface area contributed by atoms with E-state index in [1.165, 1.54) is 5.69 Å². The summed E-state index contributed by atoms with van der Waals surface area (Å²) in [5.41, 5.74) is 3.37. The van der Waals surface area contributed by atoms with Gasteiger partial charge in [0.05, 0.1) is 17.7 Å². The first-order valence-corrected chi connectivity index (χ1v) is 7.22. The lowest BCUT2D eigenvalue weighted by atomic mass is 9.95. The molecule has 1 N–H and O–H groups in total. The average Bonchev–Trinajstić information content (AvgIpc) is 2.84. The second kappa shape index (κ2) is 5.02. The van der Waals surface area contributed by atoms with Crippen LogP contribution in [0.5, 0.6) is 5.75 Å². The molecule has 1 aliphatic carbocycles. The maximum atomic E-state index is 10.0. The number of fused-ring (bicyclic) bond motifs is 1. The number of ether oxygens (including phenoxy) is 1. The smallest absolute Gasteiger partial charge is 0.133 e. The molecule has 2 aromatic rings. The SMILES string of the molecule is COc1ccc(-n2ccc3c2CCCC3O)cc1Br. The van der Waals surface area contributed by atoms with Crippen molar-refractivity contribution in [3.63, 3.8) is 0 Å². The zero-order valence-electron chi connectivity index (χ0n) is 10.8. The highest BCUT2D eigenvalue weighted by Crippen LogP contribution is 2.33. The molecule has 1 aliphatic rings. The number of nitrogens with zero attached hydrogens (tertiary/aromatic N) is 1. The van der Waals surface area contributed by atoms with Crippen LogP contribution in [0.3, 0.4) is 0 Å². The van der Waals surface area contributed by atoms with Gasteiger partial charge < -0.3 is 14.4 Å². The third kappa shape index (κ3) is 2.19. The molecule has 4 heteroatoms. The van der Waals surface area contributed by atoms with Gasteiger partial charge in [0, 0.05) is 23.1 Å². The van der Waals surface area contributed by atoms with Gasteiger partial charge in [0.25, 0.3) is 0 Å². The molecule has 1 unspecified atom stereocenters. The van der Waals surface area contributed by atoms with Crippen LogP contribution >= 0.6 is 15.9 Å². The molecular weight excluding hydrogens is 306 g/mol. The van der Waals surface area contributed by atoms with E-state index in [0.717, 1.165) is 40.7 Å². The minimum atomic E-state index is -0.313. The van der Waals surface area contributed by atoms with Crippen molar-refractivity contribution < 1.29 is 9.84 Å². The van der Waals surface area contributed by atoms with Gasteiger partial charge in [-0.3, -0.25) is 0 Å². The maximum absolute atomic E-state index is 10.0. The number of methoxy groups -OCH3 is 1. The number of halogens is 1. The minimum Gasteiger partial charge on any atom is -0.496 e. The van der Waals surface area contributed by atoms with Gasteiger partial charge in [0.1, 0.15) is 5.75 Å². The Balaban J connectivity index is 2.05. The Bertz CT molecular complexity index is 606. The standard InChI is InChI=1S/C15H16BrNO2/c1-19-15-6-5-10(9-12(15)16)17-8-7-11-13(17)3-2-4-14(11)18/h5-9,14,18H,2-4H2,1H3. The molecule has 0 aliphatic heterocycles. The van der Waals surface area contributed by atoms with Crippen molar-refractivity contribution in [3.05, 3.63) is 46.2 Å². The summed E-state index contributed by atoms with van der Waals surface area (Å²) in [6, 6.07) is 8.05. The fourth-order valence-electron chi connectivity index (χ4n) is 2.71. The summed E-state index contributed by atoms with van der Waals surface area (Å²) in [6.45, 7) is 0. The van der Waals surface area contributed by atoms with Crippen molar-refractivity contribution >= 4 is 15.9 Å². The lowest BCUT2D eigenvalue weighted by molar-refractivity contribution is 0.156. The third-order valence-corrected chi connectivity index (χ3v) is 4.31. The second-order valence-electron chi connectivity index (χ2n) is 4.81. The molecule has 0 spiro atoms. The molecule has 1 heterocycles. The third-order valence-electron chi connectivity index (χ3n) is 3.69. The average molecular weight is 322 g/mol. The number of hydrogen-bond donors (Lipinski definition) is 1. The van der Waals surface area contributed by atoms with Crippen molar-refractivity contribution in [2.45, 2.75) is 25.4 Å². The van der Waals surface area contributed by atoms with Crippen LogP contribution in [0.2, 0.25) is 0 Å². The molecule has 1 atom stereocenters. The van der Waals surface area contributed by atoms with E-state index in [0.29, 0.717) is 0 Å². The van der Waals surface area contributed by atoms with Gasteiger partial charge in [-0.05, 0) is 59.5 Å². The minimum absolute atomic E-state index is 0.313. The van der Waals surface area contributed by atoms with Crippen molar-refractivity contribution in [2.75, 3.05) is 7.11 Å². The number of rotatable bonds is 2. The summed E-state index contributed by atoms with van der Waals surface area (Å²) < 4.78 is 8.34. The molecule has 0 amide bonds. The van der Waals surface area contributed by atoms with E-state index in [9.17, 15) is 5.11 Å². The summed E-state index contributed by atoms with van der Waals surface area (Å²) in [5.74, 6) is 0.824. The van der Waals surface area contributed by atoms with Crippen LogP contribution in [0, 0.1) is 0 Å². The van der Waals surface area contributed by atoms with Crippen LogP contribution in [0.25, 0.3) is 5.69 Å². The Kier molecular flexibility index (Phi) is 3.37. The van der Waals surface area contributed by atoms with Gasteiger partial charge in [0.2, 0.25) is 0 Å². The molecule has 0 bridgehead atoms. The zero-order valence-corrected chi connectivity index (χ0v) is 12.4. The molecule has 1 aromatic heterocycles. The number of aliphatic hydroxyl groups excluding tert-OH is 1. The molecule has 0 saturated heterocycles. The number of hydrogen-bond acceptors (Lipinski definition) is 2. The number of aromatic nitrogens is 1. The highest BCUT2D eigenvalue weighted by Gasteiger charge is 2.21. The highest BCUT2D eigenvalue weighted by atomic mass is 79.9. The topological polar surface area (TPSA) is 34.4 Å². The van der Waals surface area contributed by atoms with Crippen LogP contribution in [0.1, 0.15) is 30.2 Å². The lowest BCUT2D eigenvalue weighted by Crippen LogP contribution is -2.11. The second-order valence-corrected chi connectivity index (χ2v) is 5.67. The summed E-state index contributed by atoms with van der Waals surface area (Å²) in [5, 5.41) is 10.0. The van der Waals surface area contributed by atoms with Gasteiger partial charge in [-0.1, -0.05) is 0 Å². The number of benzene rings is 1. The molecule has 100 valence electrons. The van der Waals surface area contributed by atoms with Gasteiger partial charge in [-0.2, -0.15) is 0 Å². The van der Waals surface area contributed by atoms with Gasteiger partial charge in [-0.25, -0.2) is 0 Å². The van der Waals surface area contributed by atoms with Crippen LogP contribution in [-0.4, -0.2) is 16.8 Å². The molecule has 0 radical (unpaired) electrons. The van der Waals surface area contributed by atoms with Gasteiger partial charge in [-0.15, -0.1) is 0 Å². The summed E-state index contributed by atoms with van der Waals surface area (Å²) >= 11 is 3.51. The predicted molar refractivity (Wildman–Crippen MR) is 77.9 cm³/mol. The molecule has 1 aromatic carbocycles. The van der Waals surface area contributed by atoms with E-state index < -0.39 is 0 Å². The molecular formula is C15H16BrNO2. The lowest BCUT2D eigenvalue weighted by Gasteiger charge is -2.20. The van der Waals surface area contributed by atoms with Crippen LogP contribution in [-0.2, 0) is 6.42 Å². The summed E-state index contributed by atoms with van der Waals surface area (Å²) in [7, 11) is 1.66. The van der Waals surface area contributed by atoms with E-state index in [1.807, 2.05) is 30.5 Å². The Morgan fingerprint density at radius 1 is 1.37 bits per heavy atom. The quantitative estimate of drug-likeness (QED) is 0.916. The fourth-order valence-corrected chi connectivity index (χ4v) is 3.24. The van der Waals surface area contributed by atoms with Crippen LogP contribution < -0.4 is 4.74 Å². The first-order valence-electron chi connectivity index (χ1n) is 6.43. The van der Waals surface area contributed by atoms with E-state index >= 15 is 0 Å². The van der Waals surface area contributed by atoms with Crippen LogP contribution in [0.15, 0.2) is 34.9 Å². The van der Waals surface area contributed by atoms with Crippen molar-refractivity contribution in [3.8, 4) is 11.4 Å². The molecule has 0 fully saturated rings. The largest absolute Gasteiger partial charge is 0.496 e. The Morgan fingerprint density at radius 2 is 2.21 bits per heavy atom. The monoisotopic (exact) mass is 321 g/mol.